The van der Waals surface area contributed by atoms with Crippen LogP contribution in [0.25, 0.3) is 11.5 Å². The second-order valence-corrected chi connectivity index (χ2v) is 0.974. The van der Waals surface area contributed by atoms with E-state index in [1.807, 2.05) is 0 Å². The van der Waals surface area contributed by atoms with Crippen molar-refractivity contribution in [2.75, 3.05) is 26.3 Å². The Labute approximate surface area is 65.7 Å². The van der Waals surface area contributed by atoms with Gasteiger partial charge in [-0.3, -0.25) is 0 Å². The van der Waals surface area contributed by atoms with Crippen LogP contribution in [0.1, 0.15) is 0 Å². The van der Waals surface area contributed by atoms with Crippen LogP contribution in [-0.2, 0) is 17.1 Å². The minimum Gasteiger partial charge on any atom is -0.676 e. The fourth-order valence-electron chi connectivity index (χ4n) is 0. The van der Waals surface area contributed by atoms with Crippen LogP contribution in [0.2, 0.25) is 0 Å². The van der Waals surface area contributed by atoms with Gasteiger partial charge in [-0.1, -0.05) is 6.54 Å². The van der Waals surface area contributed by atoms with Crippen LogP contribution in [0.15, 0.2) is 0 Å². The van der Waals surface area contributed by atoms with Gasteiger partial charge in [0.25, 0.3) is 0 Å². The molecule has 0 aromatic heterocycles. The van der Waals surface area contributed by atoms with Crippen molar-refractivity contribution >= 4 is 0 Å². The third-order valence-electron chi connectivity index (χ3n) is 0.237. The van der Waals surface area contributed by atoms with Gasteiger partial charge in [0, 0.05) is 6.61 Å². The number of rotatable bonds is 2. The molecule has 0 saturated heterocycles. The number of nitrogens with one attached hydrogen (secondary N) is 2. The Balaban J connectivity index is -0.0000000720. The van der Waals surface area contributed by atoms with Gasteiger partial charge in [0.2, 0.25) is 0 Å². The molecule has 5 heteroatoms. The molecule has 0 fully saturated rings. The van der Waals surface area contributed by atoms with Gasteiger partial charge in [0.05, 0.1) is 0 Å². The molecule has 0 amide bonds. The van der Waals surface area contributed by atoms with Crippen molar-refractivity contribution in [2.45, 2.75) is 0 Å². The first-order valence-electron chi connectivity index (χ1n) is 2.38. The summed E-state index contributed by atoms with van der Waals surface area (Å²) in [6, 6.07) is 0. The summed E-state index contributed by atoms with van der Waals surface area (Å²) in [7, 11) is 0. The maximum absolute atomic E-state index is 7.69. The van der Waals surface area contributed by atoms with Gasteiger partial charge >= 0.3 is 17.1 Å². The SMILES string of the molecule is [Cu+2].[NH-]CCO.[NH-]CC[OH2+]. The van der Waals surface area contributed by atoms with Crippen molar-refractivity contribution in [1.82, 2.24) is 0 Å². The van der Waals surface area contributed by atoms with Gasteiger partial charge in [0.15, 0.2) is 0 Å². The average molecular weight is 185 g/mol. The molecule has 9 heavy (non-hydrogen) atoms. The van der Waals surface area contributed by atoms with Crippen molar-refractivity contribution in [2.24, 2.45) is 0 Å². The van der Waals surface area contributed by atoms with E-state index in [2.05, 4.69) is 0 Å². The van der Waals surface area contributed by atoms with Crippen molar-refractivity contribution in [1.29, 1.82) is 0 Å². The minimum absolute atomic E-state index is 0. The summed E-state index contributed by atoms with van der Waals surface area (Å²) < 4.78 is 0. The molecule has 0 unspecified atom stereocenters. The van der Waals surface area contributed by atoms with E-state index in [9.17, 15) is 0 Å². The summed E-state index contributed by atoms with van der Waals surface area (Å²) in [6.07, 6.45) is 0. The fourth-order valence-corrected chi connectivity index (χ4v) is 0. The normalized spacial score (nSPS) is 6.67. The molecule has 1 radical (unpaired) electrons. The van der Waals surface area contributed by atoms with Crippen molar-refractivity contribution in [3.8, 4) is 0 Å². The summed E-state index contributed by atoms with van der Waals surface area (Å²) in [5.74, 6) is 0. The molecule has 0 spiro atoms. The first-order valence-corrected chi connectivity index (χ1v) is 2.38. The van der Waals surface area contributed by atoms with Crippen LogP contribution in [-0.4, -0.2) is 36.5 Å². The van der Waals surface area contributed by atoms with Crippen LogP contribution >= 0.6 is 0 Å². The third kappa shape index (κ3) is 60.7. The molecule has 61 valence electrons. The van der Waals surface area contributed by atoms with Crippen LogP contribution in [0.4, 0.5) is 0 Å². The zero-order valence-electron chi connectivity index (χ0n) is 5.08. The van der Waals surface area contributed by atoms with E-state index in [-0.39, 0.29) is 43.4 Å². The molecule has 0 rings (SSSR count). The van der Waals surface area contributed by atoms with Crippen LogP contribution in [0, 0.1) is 0 Å². The van der Waals surface area contributed by atoms with E-state index in [4.69, 9.17) is 21.7 Å². The molecule has 5 N–H and O–H groups in total. The van der Waals surface area contributed by atoms with E-state index in [1.54, 1.807) is 0 Å². The second kappa shape index (κ2) is 23.8. The zero-order chi connectivity index (χ0) is 6.83. The van der Waals surface area contributed by atoms with Crippen LogP contribution in [0.5, 0.6) is 0 Å². The van der Waals surface area contributed by atoms with Crippen molar-refractivity contribution in [3.63, 3.8) is 0 Å². The number of aliphatic hydroxyl groups excluding tert-OH is 1. The molecule has 0 atom stereocenters. The molecule has 0 aromatic rings. The van der Waals surface area contributed by atoms with Crippen molar-refractivity contribution in [3.05, 3.63) is 11.5 Å². The summed E-state index contributed by atoms with van der Waals surface area (Å²) >= 11 is 0. The zero-order valence-corrected chi connectivity index (χ0v) is 6.02. The number of hydrogen-bond acceptors (Lipinski definition) is 1. The molecular formula is C4H13CuN2O2+. The first-order chi connectivity index (χ1) is 3.83. The Hall–Kier alpha value is 0.359. The standard InChI is InChI=1S/2C2H6NO.Cu/c2*3-1-2-4;/h2*3-4H,1-2H2;/q2*-1;+2/p+1. The Morgan fingerprint density at radius 3 is 1.44 bits per heavy atom. The number of aliphatic hydroxyl groups is 1. The predicted molar refractivity (Wildman–Crippen MR) is 33.9 cm³/mol. The van der Waals surface area contributed by atoms with Gasteiger partial charge in [-0.25, -0.2) is 0 Å². The molecular weight excluding hydrogens is 172 g/mol. The van der Waals surface area contributed by atoms with Gasteiger partial charge in [0.1, 0.15) is 6.61 Å². The Bertz CT molecular complexity index is 24.5. The van der Waals surface area contributed by atoms with E-state index in [0.717, 1.165) is 0 Å². The van der Waals surface area contributed by atoms with Crippen molar-refractivity contribution < 1.29 is 27.3 Å². The van der Waals surface area contributed by atoms with Gasteiger partial charge in [-0.2, -0.15) is 0 Å². The quantitative estimate of drug-likeness (QED) is 0.467. The molecule has 0 aliphatic rings. The Morgan fingerprint density at radius 1 is 1.22 bits per heavy atom. The second-order valence-electron chi connectivity index (χ2n) is 0.974. The average Bonchev–Trinajstić information content (AvgIpc) is 1.88. The topological polar surface area (TPSA) is 90.7 Å². The van der Waals surface area contributed by atoms with Gasteiger partial charge in [-0.05, 0) is 0 Å². The molecule has 0 aliphatic heterocycles. The molecule has 4 nitrogen and oxygen atoms in total. The summed E-state index contributed by atoms with van der Waals surface area (Å²) in [6.45, 7) is 0.583. The predicted octanol–water partition coefficient (Wildman–Crippen LogP) is -0.208. The van der Waals surface area contributed by atoms with Gasteiger partial charge < -0.3 is 21.7 Å². The molecule has 0 aromatic carbocycles. The first kappa shape index (κ1) is 16.2. The molecule has 0 bridgehead atoms. The van der Waals surface area contributed by atoms with E-state index in [1.165, 1.54) is 0 Å². The van der Waals surface area contributed by atoms with E-state index in [0.29, 0.717) is 0 Å². The smallest absolute Gasteiger partial charge is 0.676 e. The molecule has 0 saturated carbocycles. The maximum atomic E-state index is 7.69. The fraction of sp³-hybridized carbons (Fsp3) is 1.00. The Morgan fingerprint density at radius 2 is 1.44 bits per heavy atom. The summed E-state index contributed by atoms with van der Waals surface area (Å²) in [5.41, 5.74) is 12.5. The Kier molecular flexibility index (Phi) is 42.8. The largest absolute Gasteiger partial charge is 2.00 e. The van der Waals surface area contributed by atoms with Crippen LogP contribution in [0.3, 0.4) is 0 Å². The van der Waals surface area contributed by atoms with Crippen LogP contribution < -0.4 is 0 Å². The maximum Gasteiger partial charge on any atom is 2.00 e. The molecule has 0 heterocycles. The van der Waals surface area contributed by atoms with E-state index < -0.39 is 0 Å². The monoisotopic (exact) mass is 184 g/mol. The minimum atomic E-state index is -0.0139. The van der Waals surface area contributed by atoms with E-state index >= 15 is 0 Å². The summed E-state index contributed by atoms with van der Waals surface area (Å²) in [5, 5.41) is 14.0. The van der Waals surface area contributed by atoms with Gasteiger partial charge in [-0.15, -0.1) is 6.54 Å². The summed E-state index contributed by atoms with van der Waals surface area (Å²) in [4.78, 5) is 0. The number of hydrogen-bond donors (Lipinski definition) is 1. The molecule has 0 aliphatic carbocycles. The third-order valence-corrected chi connectivity index (χ3v) is 0.237.